The fourth-order valence-electron chi connectivity index (χ4n) is 2.08. The Hall–Kier alpha value is -2.63. The van der Waals surface area contributed by atoms with Gasteiger partial charge in [-0.3, -0.25) is 9.59 Å². The molecule has 0 saturated carbocycles. The molecule has 1 amide bonds. The molecular weight excluding hydrogens is 286 g/mol. The Morgan fingerprint density at radius 2 is 2.00 bits per heavy atom. The van der Waals surface area contributed by atoms with E-state index >= 15 is 0 Å². The monoisotopic (exact) mass is 303 g/mol. The summed E-state index contributed by atoms with van der Waals surface area (Å²) in [5.41, 5.74) is -0.236. The van der Waals surface area contributed by atoms with Gasteiger partial charge in [0.05, 0.1) is 7.11 Å². The Kier molecular flexibility index (Phi) is 4.93. The SMILES string of the molecule is COC(=O)CCCN(C)C(=O)c1cc2ccccc2oc1=O. The van der Waals surface area contributed by atoms with E-state index in [1.54, 1.807) is 31.3 Å². The third-order valence-electron chi connectivity index (χ3n) is 3.32. The zero-order chi connectivity index (χ0) is 16.1. The molecule has 22 heavy (non-hydrogen) atoms. The van der Waals surface area contributed by atoms with E-state index in [0.29, 0.717) is 23.9 Å². The second kappa shape index (κ2) is 6.89. The summed E-state index contributed by atoms with van der Waals surface area (Å²) in [5.74, 6) is -0.754. The molecule has 0 aliphatic carbocycles. The van der Waals surface area contributed by atoms with Gasteiger partial charge in [-0.05, 0) is 18.6 Å². The highest BCUT2D eigenvalue weighted by Crippen LogP contribution is 2.13. The zero-order valence-electron chi connectivity index (χ0n) is 12.5. The molecule has 2 rings (SSSR count). The summed E-state index contributed by atoms with van der Waals surface area (Å²) in [4.78, 5) is 36.7. The van der Waals surface area contributed by atoms with Crippen LogP contribution < -0.4 is 5.63 Å². The first-order valence-corrected chi connectivity index (χ1v) is 6.88. The second-order valence-corrected chi connectivity index (χ2v) is 4.89. The van der Waals surface area contributed by atoms with Crippen LogP contribution in [0, 0.1) is 0 Å². The van der Waals surface area contributed by atoms with Crippen molar-refractivity contribution in [3.05, 3.63) is 46.3 Å². The number of nitrogens with zero attached hydrogens (tertiary/aromatic N) is 1. The molecule has 0 N–H and O–H groups in total. The van der Waals surface area contributed by atoms with Gasteiger partial charge in [-0.1, -0.05) is 18.2 Å². The van der Waals surface area contributed by atoms with Crippen LogP contribution in [0.25, 0.3) is 11.0 Å². The van der Waals surface area contributed by atoms with Gasteiger partial charge in [0.1, 0.15) is 11.1 Å². The summed E-state index contributed by atoms with van der Waals surface area (Å²) >= 11 is 0. The number of para-hydroxylation sites is 1. The fourth-order valence-corrected chi connectivity index (χ4v) is 2.08. The summed E-state index contributed by atoms with van der Waals surface area (Å²) in [7, 11) is 2.89. The first-order chi connectivity index (χ1) is 10.5. The van der Waals surface area contributed by atoms with E-state index in [1.165, 1.54) is 18.1 Å². The van der Waals surface area contributed by atoms with E-state index in [2.05, 4.69) is 4.74 Å². The number of esters is 1. The Bertz CT molecular complexity index is 750. The van der Waals surface area contributed by atoms with Crippen molar-refractivity contribution in [2.45, 2.75) is 12.8 Å². The van der Waals surface area contributed by atoms with Gasteiger partial charge in [0.15, 0.2) is 0 Å². The Morgan fingerprint density at radius 3 is 2.73 bits per heavy atom. The Morgan fingerprint density at radius 1 is 1.27 bits per heavy atom. The highest BCUT2D eigenvalue weighted by atomic mass is 16.5. The second-order valence-electron chi connectivity index (χ2n) is 4.89. The maximum absolute atomic E-state index is 12.3. The van der Waals surface area contributed by atoms with Gasteiger partial charge in [-0.15, -0.1) is 0 Å². The van der Waals surface area contributed by atoms with E-state index in [9.17, 15) is 14.4 Å². The summed E-state index contributed by atoms with van der Waals surface area (Å²) in [6.07, 6.45) is 0.689. The van der Waals surface area contributed by atoms with Gasteiger partial charge in [0.2, 0.25) is 0 Å². The summed E-state index contributed by atoms with van der Waals surface area (Å²) < 4.78 is 9.68. The minimum Gasteiger partial charge on any atom is -0.469 e. The van der Waals surface area contributed by atoms with Crippen molar-refractivity contribution in [1.82, 2.24) is 4.90 Å². The molecule has 6 heteroatoms. The number of benzene rings is 1. The molecule has 2 aromatic rings. The van der Waals surface area contributed by atoms with Crippen molar-refractivity contribution in [2.24, 2.45) is 0 Å². The van der Waals surface area contributed by atoms with Gasteiger partial charge in [0.25, 0.3) is 5.91 Å². The van der Waals surface area contributed by atoms with E-state index in [-0.39, 0.29) is 18.0 Å². The number of hydrogen-bond acceptors (Lipinski definition) is 5. The summed E-state index contributed by atoms with van der Waals surface area (Å²) in [6.45, 7) is 0.347. The third-order valence-corrected chi connectivity index (χ3v) is 3.32. The standard InChI is InChI=1S/C16H17NO5/c1-17(9-5-8-14(18)21-2)15(19)12-10-11-6-3-4-7-13(11)22-16(12)20/h3-4,6-7,10H,5,8-9H2,1-2H3. The predicted molar refractivity (Wildman–Crippen MR) is 80.7 cm³/mol. The first kappa shape index (κ1) is 15.8. The molecule has 1 aromatic heterocycles. The van der Waals surface area contributed by atoms with Crippen LogP contribution in [-0.2, 0) is 9.53 Å². The molecular formula is C16H17NO5. The molecule has 0 spiro atoms. The highest BCUT2D eigenvalue weighted by molar-refractivity contribution is 5.96. The van der Waals surface area contributed by atoms with E-state index in [0.717, 1.165) is 0 Å². The quantitative estimate of drug-likeness (QED) is 0.622. The largest absolute Gasteiger partial charge is 0.469 e. The van der Waals surface area contributed by atoms with Crippen molar-refractivity contribution in [3.8, 4) is 0 Å². The number of carbonyl (C=O) groups excluding carboxylic acids is 2. The number of ether oxygens (including phenoxy) is 1. The molecule has 116 valence electrons. The van der Waals surface area contributed by atoms with Crippen LogP contribution in [0.15, 0.2) is 39.5 Å². The molecule has 0 bridgehead atoms. The van der Waals surface area contributed by atoms with Crippen molar-refractivity contribution < 1.29 is 18.7 Å². The zero-order valence-corrected chi connectivity index (χ0v) is 12.5. The van der Waals surface area contributed by atoms with E-state index in [1.807, 2.05) is 0 Å². The van der Waals surface area contributed by atoms with Crippen molar-refractivity contribution >= 4 is 22.8 Å². The fraction of sp³-hybridized carbons (Fsp3) is 0.312. The van der Waals surface area contributed by atoms with Crippen molar-refractivity contribution in [1.29, 1.82) is 0 Å². The number of amides is 1. The maximum atomic E-state index is 12.3. The molecule has 1 heterocycles. The molecule has 1 aromatic carbocycles. The van der Waals surface area contributed by atoms with Crippen LogP contribution in [-0.4, -0.2) is 37.5 Å². The number of hydrogen-bond donors (Lipinski definition) is 0. The van der Waals surface area contributed by atoms with Crippen LogP contribution in [0.4, 0.5) is 0 Å². The number of methoxy groups -OCH3 is 1. The number of carbonyl (C=O) groups is 2. The maximum Gasteiger partial charge on any atom is 0.349 e. The van der Waals surface area contributed by atoms with Gasteiger partial charge < -0.3 is 14.1 Å². The predicted octanol–water partition coefficient (Wildman–Crippen LogP) is 1.82. The highest BCUT2D eigenvalue weighted by Gasteiger charge is 2.17. The molecule has 0 saturated heterocycles. The normalized spacial score (nSPS) is 10.5. The Balaban J connectivity index is 2.13. The molecule has 0 radical (unpaired) electrons. The lowest BCUT2D eigenvalue weighted by atomic mass is 10.1. The third kappa shape index (κ3) is 3.52. The van der Waals surface area contributed by atoms with Crippen LogP contribution >= 0.6 is 0 Å². The molecule has 0 fully saturated rings. The van der Waals surface area contributed by atoms with Gasteiger partial charge in [-0.2, -0.15) is 0 Å². The van der Waals surface area contributed by atoms with Crippen LogP contribution in [0.5, 0.6) is 0 Å². The van der Waals surface area contributed by atoms with E-state index in [4.69, 9.17) is 4.42 Å². The number of rotatable bonds is 5. The van der Waals surface area contributed by atoms with Crippen LogP contribution in [0.2, 0.25) is 0 Å². The van der Waals surface area contributed by atoms with Gasteiger partial charge >= 0.3 is 11.6 Å². The molecule has 0 unspecified atom stereocenters. The average molecular weight is 303 g/mol. The lowest BCUT2D eigenvalue weighted by Crippen LogP contribution is -2.31. The van der Waals surface area contributed by atoms with Crippen LogP contribution in [0.1, 0.15) is 23.2 Å². The lowest BCUT2D eigenvalue weighted by Gasteiger charge is -2.16. The average Bonchev–Trinajstić information content (AvgIpc) is 2.53. The van der Waals surface area contributed by atoms with E-state index < -0.39 is 11.5 Å². The van der Waals surface area contributed by atoms with Gasteiger partial charge in [-0.25, -0.2) is 4.79 Å². The Labute approximate surface area is 127 Å². The smallest absolute Gasteiger partial charge is 0.349 e. The van der Waals surface area contributed by atoms with Gasteiger partial charge in [0, 0.05) is 25.4 Å². The van der Waals surface area contributed by atoms with Crippen molar-refractivity contribution in [2.75, 3.05) is 20.7 Å². The summed E-state index contributed by atoms with van der Waals surface area (Å²) in [6, 6.07) is 8.53. The van der Waals surface area contributed by atoms with Crippen molar-refractivity contribution in [3.63, 3.8) is 0 Å². The molecule has 0 aliphatic heterocycles. The topological polar surface area (TPSA) is 76.8 Å². The molecule has 0 atom stereocenters. The van der Waals surface area contributed by atoms with Crippen LogP contribution in [0.3, 0.4) is 0 Å². The first-order valence-electron chi connectivity index (χ1n) is 6.88. The molecule has 0 aliphatic rings. The minimum absolute atomic E-state index is 0.0146. The number of fused-ring (bicyclic) bond motifs is 1. The summed E-state index contributed by atoms with van der Waals surface area (Å²) in [5, 5.41) is 0.688. The minimum atomic E-state index is -0.663. The lowest BCUT2D eigenvalue weighted by molar-refractivity contribution is -0.140. The molecule has 6 nitrogen and oxygen atoms in total.